The SMILES string of the molecule is O=C1NC(c2cccc3ccccc23)CN1Cc1cn(C(c2ccccc2)(c2ccccc2)c2ccccc2)cn1. The van der Waals surface area contributed by atoms with E-state index in [2.05, 4.69) is 119 Å². The fraction of sp³-hybridized carbons (Fsp3) is 0.111. The van der Waals surface area contributed by atoms with E-state index < -0.39 is 5.54 Å². The molecule has 200 valence electrons. The largest absolute Gasteiger partial charge is 0.329 e. The average molecular weight is 535 g/mol. The first-order valence-corrected chi connectivity index (χ1v) is 14.0. The molecule has 1 saturated heterocycles. The second kappa shape index (κ2) is 10.4. The van der Waals surface area contributed by atoms with Crippen molar-refractivity contribution >= 4 is 16.8 Å². The maximum absolute atomic E-state index is 13.1. The Morgan fingerprint density at radius 1 is 0.707 bits per heavy atom. The molecule has 1 aliphatic heterocycles. The first kappa shape index (κ1) is 24.9. The molecule has 0 saturated carbocycles. The van der Waals surface area contributed by atoms with E-state index in [9.17, 15) is 4.79 Å². The van der Waals surface area contributed by atoms with Gasteiger partial charge in [0.25, 0.3) is 0 Å². The topological polar surface area (TPSA) is 50.2 Å². The lowest BCUT2D eigenvalue weighted by Gasteiger charge is -2.37. The maximum Gasteiger partial charge on any atom is 0.318 e. The standard InChI is InChI=1S/C36H30N4O/c41-35-38-34(33-22-12-14-27-13-10-11-21-32(27)33)25-39(35)23-31-24-40(26-37-31)36(28-15-4-1-5-16-28,29-17-6-2-7-18-29)30-19-8-3-9-20-30/h1-22,24,26,34H,23,25H2,(H,38,41). The van der Waals surface area contributed by atoms with E-state index in [-0.39, 0.29) is 12.1 Å². The Bertz CT molecular complexity index is 1700. The summed E-state index contributed by atoms with van der Waals surface area (Å²) in [5, 5.41) is 5.55. The molecule has 1 atom stereocenters. The number of fused-ring (bicyclic) bond motifs is 1. The van der Waals surface area contributed by atoms with Crippen molar-refractivity contribution in [2.75, 3.05) is 6.54 Å². The number of hydrogen-bond acceptors (Lipinski definition) is 2. The monoisotopic (exact) mass is 534 g/mol. The summed E-state index contributed by atoms with van der Waals surface area (Å²) in [5.41, 5.74) is 4.75. The second-order valence-corrected chi connectivity index (χ2v) is 10.5. The van der Waals surface area contributed by atoms with Crippen molar-refractivity contribution in [2.24, 2.45) is 0 Å². The van der Waals surface area contributed by atoms with Gasteiger partial charge >= 0.3 is 6.03 Å². The Balaban J connectivity index is 1.25. The maximum atomic E-state index is 13.1. The fourth-order valence-corrected chi connectivity index (χ4v) is 6.27. The highest BCUT2D eigenvalue weighted by molar-refractivity contribution is 5.87. The lowest BCUT2D eigenvalue weighted by molar-refractivity contribution is 0.215. The van der Waals surface area contributed by atoms with Gasteiger partial charge in [-0.05, 0) is 33.0 Å². The summed E-state index contributed by atoms with van der Waals surface area (Å²) in [6, 6.07) is 46.1. The van der Waals surface area contributed by atoms with Gasteiger partial charge in [-0.1, -0.05) is 133 Å². The molecule has 5 nitrogen and oxygen atoms in total. The van der Waals surface area contributed by atoms with Gasteiger partial charge in [0.2, 0.25) is 0 Å². The number of urea groups is 1. The number of rotatable bonds is 7. The molecule has 0 aliphatic carbocycles. The molecule has 5 heteroatoms. The molecule has 0 bridgehead atoms. The minimum Gasteiger partial charge on any atom is -0.329 e. The number of aromatic nitrogens is 2. The summed E-state index contributed by atoms with van der Waals surface area (Å²) >= 11 is 0. The van der Waals surface area contributed by atoms with Crippen LogP contribution >= 0.6 is 0 Å². The molecular weight excluding hydrogens is 504 g/mol. The van der Waals surface area contributed by atoms with E-state index >= 15 is 0 Å². The highest BCUT2D eigenvalue weighted by Crippen LogP contribution is 2.41. The summed E-state index contributed by atoms with van der Waals surface area (Å²) < 4.78 is 2.19. The summed E-state index contributed by atoms with van der Waals surface area (Å²) in [7, 11) is 0. The number of hydrogen-bond donors (Lipinski definition) is 1. The van der Waals surface area contributed by atoms with E-state index in [1.165, 1.54) is 10.8 Å². The molecule has 0 spiro atoms. The van der Waals surface area contributed by atoms with Gasteiger partial charge in [-0.2, -0.15) is 0 Å². The Hall–Kier alpha value is -5.16. The van der Waals surface area contributed by atoms with Crippen molar-refractivity contribution in [1.29, 1.82) is 0 Å². The number of nitrogens with one attached hydrogen (secondary N) is 1. The Morgan fingerprint density at radius 3 is 1.90 bits per heavy atom. The van der Waals surface area contributed by atoms with Crippen LogP contribution in [0.4, 0.5) is 4.79 Å². The van der Waals surface area contributed by atoms with Crippen LogP contribution in [0.5, 0.6) is 0 Å². The lowest BCUT2D eigenvalue weighted by atomic mass is 9.77. The first-order valence-electron chi connectivity index (χ1n) is 14.0. The quantitative estimate of drug-likeness (QED) is 0.221. The molecule has 7 rings (SSSR count). The number of nitrogens with zero attached hydrogens (tertiary/aromatic N) is 3. The van der Waals surface area contributed by atoms with Gasteiger partial charge in [-0.3, -0.25) is 0 Å². The number of carbonyl (C=O) groups excluding carboxylic acids is 1. The molecule has 1 aromatic heterocycles. The zero-order valence-corrected chi connectivity index (χ0v) is 22.6. The first-order chi connectivity index (χ1) is 20.2. The fourth-order valence-electron chi connectivity index (χ4n) is 6.27. The van der Waals surface area contributed by atoms with Crippen molar-refractivity contribution in [3.8, 4) is 0 Å². The van der Waals surface area contributed by atoms with E-state index in [1.807, 2.05) is 41.6 Å². The summed E-state index contributed by atoms with van der Waals surface area (Å²) in [6.45, 7) is 1.01. The van der Waals surface area contributed by atoms with Crippen LogP contribution in [-0.2, 0) is 12.1 Å². The van der Waals surface area contributed by atoms with Gasteiger partial charge in [-0.25, -0.2) is 9.78 Å². The van der Waals surface area contributed by atoms with Crippen LogP contribution in [0.25, 0.3) is 10.8 Å². The average Bonchev–Trinajstić information content (AvgIpc) is 3.65. The number of carbonyl (C=O) groups is 1. The number of imidazole rings is 1. The van der Waals surface area contributed by atoms with Gasteiger partial charge in [0.15, 0.2) is 0 Å². The van der Waals surface area contributed by atoms with E-state index in [1.54, 1.807) is 0 Å². The van der Waals surface area contributed by atoms with Crippen LogP contribution in [0.1, 0.15) is 34.0 Å². The van der Waals surface area contributed by atoms with E-state index in [4.69, 9.17) is 4.98 Å². The zero-order valence-electron chi connectivity index (χ0n) is 22.6. The highest BCUT2D eigenvalue weighted by Gasteiger charge is 2.39. The minimum atomic E-state index is -0.631. The molecule has 2 amide bonds. The van der Waals surface area contributed by atoms with Gasteiger partial charge < -0.3 is 14.8 Å². The molecule has 0 radical (unpaired) electrons. The predicted molar refractivity (Wildman–Crippen MR) is 162 cm³/mol. The van der Waals surface area contributed by atoms with E-state index in [0.29, 0.717) is 13.1 Å². The van der Waals surface area contributed by atoms with Crippen LogP contribution in [-0.4, -0.2) is 27.0 Å². The normalized spacial score (nSPS) is 15.3. The molecule has 2 heterocycles. The third-order valence-electron chi connectivity index (χ3n) is 8.14. The van der Waals surface area contributed by atoms with Gasteiger partial charge in [0, 0.05) is 12.7 Å². The number of benzene rings is 5. The zero-order chi connectivity index (χ0) is 27.6. The molecule has 1 aliphatic rings. The Morgan fingerprint density at radius 2 is 1.27 bits per heavy atom. The van der Waals surface area contributed by atoms with Crippen molar-refractivity contribution in [1.82, 2.24) is 19.8 Å². The van der Waals surface area contributed by atoms with E-state index in [0.717, 1.165) is 27.9 Å². The van der Waals surface area contributed by atoms with Crippen molar-refractivity contribution in [3.05, 3.63) is 174 Å². The summed E-state index contributed by atoms with van der Waals surface area (Å²) in [5.74, 6) is 0. The predicted octanol–water partition coefficient (Wildman–Crippen LogP) is 7.14. The molecule has 6 aromatic rings. The van der Waals surface area contributed by atoms with Gasteiger partial charge in [0.1, 0.15) is 5.54 Å². The van der Waals surface area contributed by atoms with Crippen molar-refractivity contribution in [2.45, 2.75) is 18.1 Å². The second-order valence-electron chi connectivity index (χ2n) is 10.5. The summed E-state index contributed by atoms with van der Waals surface area (Å²) in [6.07, 6.45) is 3.99. The third kappa shape index (κ3) is 4.36. The van der Waals surface area contributed by atoms with Crippen molar-refractivity contribution in [3.63, 3.8) is 0 Å². The van der Waals surface area contributed by atoms with Gasteiger partial charge in [0.05, 0.1) is 24.6 Å². The molecule has 5 aromatic carbocycles. The molecule has 41 heavy (non-hydrogen) atoms. The van der Waals surface area contributed by atoms with Crippen LogP contribution < -0.4 is 5.32 Å². The Kier molecular flexibility index (Phi) is 6.32. The van der Waals surface area contributed by atoms with Crippen LogP contribution in [0, 0.1) is 0 Å². The smallest absolute Gasteiger partial charge is 0.318 e. The highest BCUT2D eigenvalue weighted by atomic mass is 16.2. The molecule has 1 unspecified atom stereocenters. The third-order valence-corrected chi connectivity index (χ3v) is 8.14. The molecule has 1 fully saturated rings. The van der Waals surface area contributed by atoms with Crippen LogP contribution in [0.3, 0.4) is 0 Å². The van der Waals surface area contributed by atoms with Crippen LogP contribution in [0.15, 0.2) is 146 Å². The minimum absolute atomic E-state index is 0.0714. The Labute approximate surface area is 239 Å². The van der Waals surface area contributed by atoms with Crippen molar-refractivity contribution < 1.29 is 4.79 Å². The summed E-state index contributed by atoms with van der Waals surface area (Å²) in [4.78, 5) is 19.8. The van der Waals surface area contributed by atoms with Gasteiger partial charge in [-0.15, -0.1) is 0 Å². The molecule has 1 N–H and O–H groups in total. The molecular formula is C36H30N4O. The number of amides is 2. The van der Waals surface area contributed by atoms with Crippen LogP contribution in [0.2, 0.25) is 0 Å². The lowest BCUT2D eigenvalue weighted by Crippen LogP contribution is -2.37.